The fourth-order valence-corrected chi connectivity index (χ4v) is 3.19. The fourth-order valence-electron chi connectivity index (χ4n) is 2.71. The van der Waals surface area contributed by atoms with Crippen molar-refractivity contribution in [1.29, 1.82) is 0 Å². The zero-order valence-corrected chi connectivity index (χ0v) is 12.6. The van der Waals surface area contributed by atoms with Crippen LogP contribution in [0.15, 0.2) is 18.2 Å². The van der Waals surface area contributed by atoms with Crippen LogP contribution in [0.5, 0.6) is 0 Å². The number of quaternary nitrogens is 2. The Labute approximate surface area is 124 Å². The lowest BCUT2D eigenvalue weighted by Crippen LogP contribution is -3.17. The highest BCUT2D eigenvalue weighted by atomic mass is 35.5. The zero-order chi connectivity index (χ0) is 13.7. The molecule has 1 aliphatic rings. The van der Waals surface area contributed by atoms with Gasteiger partial charge in [-0.2, -0.15) is 0 Å². The van der Waals surface area contributed by atoms with E-state index in [0.717, 1.165) is 31.2 Å². The summed E-state index contributed by atoms with van der Waals surface area (Å²) in [6, 6.07) is 5.75. The normalized spacial score (nSPS) is 24.2. The quantitative estimate of drug-likeness (QED) is 0.698. The van der Waals surface area contributed by atoms with Crippen molar-refractivity contribution in [3.8, 4) is 0 Å². The lowest BCUT2D eigenvalue weighted by Gasteiger charge is -2.17. The molecule has 1 heterocycles. The number of aliphatic hydroxyl groups excluding tert-OH is 1. The predicted octanol–water partition coefficient (Wildman–Crippen LogP) is -0.341. The molecule has 2 atom stereocenters. The molecule has 2 rings (SSSR count). The van der Waals surface area contributed by atoms with E-state index in [1.807, 2.05) is 18.2 Å². The average molecular weight is 305 g/mol. The Balaban J connectivity index is 1.92. The summed E-state index contributed by atoms with van der Waals surface area (Å²) in [5, 5.41) is 10.5. The van der Waals surface area contributed by atoms with Crippen LogP contribution in [-0.4, -0.2) is 44.4 Å². The summed E-state index contributed by atoms with van der Waals surface area (Å²) < 4.78 is 0. The molecule has 1 fully saturated rings. The van der Waals surface area contributed by atoms with E-state index in [9.17, 15) is 0 Å². The smallest absolute Gasteiger partial charge is 0.127 e. The Morgan fingerprint density at radius 1 is 1.05 bits per heavy atom. The molecule has 3 nitrogen and oxygen atoms in total. The lowest BCUT2D eigenvalue weighted by atomic mass is 10.2. The van der Waals surface area contributed by atoms with Crippen molar-refractivity contribution in [1.82, 2.24) is 0 Å². The van der Waals surface area contributed by atoms with Gasteiger partial charge in [0.2, 0.25) is 0 Å². The van der Waals surface area contributed by atoms with Gasteiger partial charge in [0.15, 0.2) is 0 Å². The average Bonchev–Trinajstić information content (AvgIpc) is 2.59. The van der Waals surface area contributed by atoms with E-state index >= 15 is 0 Å². The molecule has 3 N–H and O–H groups in total. The molecule has 1 aromatic rings. The maximum atomic E-state index is 9.02. The number of hydrogen-bond acceptors (Lipinski definition) is 1. The minimum atomic E-state index is 0.285. The third-order valence-electron chi connectivity index (χ3n) is 3.81. The van der Waals surface area contributed by atoms with Gasteiger partial charge < -0.3 is 14.9 Å². The van der Waals surface area contributed by atoms with Crippen molar-refractivity contribution in [3.63, 3.8) is 0 Å². The van der Waals surface area contributed by atoms with Gasteiger partial charge in [-0.3, -0.25) is 0 Å². The molecule has 106 valence electrons. The Morgan fingerprint density at radius 2 is 1.79 bits per heavy atom. The first kappa shape index (κ1) is 15.1. The van der Waals surface area contributed by atoms with Crippen LogP contribution in [-0.2, 0) is 6.54 Å². The van der Waals surface area contributed by atoms with Crippen molar-refractivity contribution < 1.29 is 14.9 Å². The summed E-state index contributed by atoms with van der Waals surface area (Å²) in [6.45, 7) is 6.72. The van der Waals surface area contributed by atoms with E-state index in [1.54, 1.807) is 4.90 Å². The first-order valence-corrected chi connectivity index (χ1v) is 7.66. The van der Waals surface area contributed by atoms with Crippen LogP contribution in [0.3, 0.4) is 0 Å². The lowest BCUT2D eigenvalue weighted by molar-refractivity contribution is -0.945. The maximum absolute atomic E-state index is 9.02. The highest BCUT2D eigenvalue weighted by Crippen LogP contribution is 2.20. The van der Waals surface area contributed by atoms with Gasteiger partial charge in [-0.1, -0.05) is 29.3 Å². The van der Waals surface area contributed by atoms with Crippen LogP contribution >= 0.6 is 23.2 Å². The van der Waals surface area contributed by atoms with Crippen LogP contribution in [0, 0.1) is 0 Å². The van der Waals surface area contributed by atoms with E-state index in [-0.39, 0.29) is 6.61 Å². The second-order valence-electron chi connectivity index (χ2n) is 5.24. The van der Waals surface area contributed by atoms with Crippen LogP contribution in [0.2, 0.25) is 10.0 Å². The highest BCUT2D eigenvalue weighted by molar-refractivity contribution is 6.35. The van der Waals surface area contributed by atoms with Crippen molar-refractivity contribution >= 4 is 23.2 Å². The van der Waals surface area contributed by atoms with Crippen molar-refractivity contribution in [3.05, 3.63) is 33.8 Å². The third-order valence-corrected chi connectivity index (χ3v) is 4.40. The molecule has 2 unspecified atom stereocenters. The molecule has 1 aliphatic heterocycles. The molecule has 0 aromatic heterocycles. The van der Waals surface area contributed by atoms with E-state index in [1.165, 1.54) is 30.0 Å². The van der Waals surface area contributed by atoms with Gasteiger partial charge in [0, 0.05) is 17.0 Å². The van der Waals surface area contributed by atoms with Gasteiger partial charge in [-0.15, -0.1) is 0 Å². The van der Waals surface area contributed by atoms with Crippen molar-refractivity contribution in [2.45, 2.75) is 13.0 Å². The molecule has 0 saturated carbocycles. The fraction of sp³-hybridized carbons (Fsp3) is 0.571. The second-order valence-corrected chi connectivity index (χ2v) is 6.08. The predicted molar refractivity (Wildman–Crippen MR) is 78.1 cm³/mol. The SMILES string of the molecule is OCC[NH+]1CCC[NH+](Cc2ccc(Cl)cc2Cl)CC1. The first-order chi connectivity index (χ1) is 9.19. The summed E-state index contributed by atoms with van der Waals surface area (Å²) in [7, 11) is 0. The number of hydrogen-bond donors (Lipinski definition) is 3. The topological polar surface area (TPSA) is 29.1 Å². The Bertz CT molecular complexity index is 414. The molecule has 0 amide bonds. The summed E-state index contributed by atoms with van der Waals surface area (Å²) >= 11 is 12.2. The van der Waals surface area contributed by atoms with Crippen LogP contribution in [0.25, 0.3) is 0 Å². The van der Waals surface area contributed by atoms with Gasteiger partial charge in [-0.25, -0.2) is 0 Å². The number of halogens is 2. The molecule has 1 saturated heterocycles. The van der Waals surface area contributed by atoms with Crippen LogP contribution in [0.4, 0.5) is 0 Å². The highest BCUT2D eigenvalue weighted by Gasteiger charge is 2.20. The van der Waals surface area contributed by atoms with Crippen molar-refractivity contribution in [2.75, 3.05) is 39.3 Å². The third kappa shape index (κ3) is 4.62. The first-order valence-electron chi connectivity index (χ1n) is 6.91. The maximum Gasteiger partial charge on any atom is 0.127 e. The molecular formula is C14H22Cl2N2O+2. The van der Waals surface area contributed by atoms with Gasteiger partial charge in [0.25, 0.3) is 0 Å². The Hall–Kier alpha value is -0.320. The molecule has 0 spiro atoms. The largest absolute Gasteiger partial charge is 0.391 e. The monoisotopic (exact) mass is 304 g/mol. The van der Waals surface area contributed by atoms with Gasteiger partial charge in [-0.05, 0) is 12.1 Å². The van der Waals surface area contributed by atoms with E-state index in [2.05, 4.69) is 0 Å². The standard InChI is InChI=1S/C14H20Cl2N2O/c15-13-3-2-12(14(16)10-13)11-18-5-1-4-17(6-7-18)8-9-19/h2-3,10,19H,1,4-9,11H2/p+2. The summed E-state index contributed by atoms with van der Waals surface area (Å²) in [5.74, 6) is 0. The Morgan fingerprint density at radius 3 is 2.53 bits per heavy atom. The van der Waals surface area contributed by atoms with E-state index in [0.29, 0.717) is 5.02 Å². The van der Waals surface area contributed by atoms with Crippen molar-refractivity contribution in [2.24, 2.45) is 0 Å². The van der Waals surface area contributed by atoms with E-state index in [4.69, 9.17) is 28.3 Å². The molecule has 0 bridgehead atoms. The minimum Gasteiger partial charge on any atom is -0.391 e. The molecule has 19 heavy (non-hydrogen) atoms. The number of aliphatic hydroxyl groups is 1. The van der Waals surface area contributed by atoms with Crippen LogP contribution in [0.1, 0.15) is 12.0 Å². The molecule has 5 heteroatoms. The van der Waals surface area contributed by atoms with Crippen LogP contribution < -0.4 is 9.80 Å². The number of rotatable bonds is 4. The Kier molecular flexibility index (Phi) is 5.92. The summed E-state index contributed by atoms with van der Waals surface area (Å²) in [4.78, 5) is 3.08. The van der Waals surface area contributed by atoms with Gasteiger partial charge >= 0.3 is 0 Å². The minimum absolute atomic E-state index is 0.285. The van der Waals surface area contributed by atoms with E-state index < -0.39 is 0 Å². The molecule has 0 aliphatic carbocycles. The molecular weight excluding hydrogens is 283 g/mol. The molecule has 1 aromatic carbocycles. The van der Waals surface area contributed by atoms with Gasteiger partial charge in [0.1, 0.15) is 26.2 Å². The number of benzene rings is 1. The van der Waals surface area contributed by atoms with Gasteiger partial charge in [0.05, 0.1) is 24.7 Å². The number of nitrogens with one attached hydrogen (secondary N) is 2. The summed E-state index contributed by atoms with van der Waals surface area (Å²) in [6.07, 6.45) is 1.20. The molecule has 0 radical (unpaired) electrons. The second kappa shape index (κ2) is 7.46. The zero-order valence-electron chi connectivity index (χ0n) is 11.1. The summed E-state index contributed by atoms with van der Waals surface area (Å²) in [5.41, 5.74) is 1.17.